The predicted octanol–water partition coefficient (Wildman–Crippen LogP) is 2.86. The van der Waals surface area contributed by atoms with Crippen molar-refractivity contribution in [2.45, 2.75) is 38.8 Å². The van der Waals surface area contributed by atoms with Gasteiger partial charge in [0.25, 0.3) is 0 Å². The zero-order chi connectivity index (χ0) is 15.6. The SMILES string of the molecule is O=C(Cc1cn(CN2CCCC2)c2ccccc12)N1CCCC1. The Hall–Kier alpha value is -1.81. The molecule has 23 heavy (non-hydrogen) atoms. The van der Waals surface area contributed by atoms with Crippen molar-refractivity contribution in [1.29, 1.82) is 0 Å². The van der Waals surface area contributed by atoms with Gasteiger partial charge in [-0.2, -0.15) is 0 Å². The molecule has 2 aliphatic rings. The molecule has 4 nitrogen and oxygen atoms in total. The molecule has 4 rings (SSSR count). The summed E-state index contributed by atoms with van der Waals surface area (Å²) in [4.78, 5) is 17.0. The van der Waals surface area contributed by atoms with E-state index in [0.717, 1.165) is 32.6 Å². The van der Waals surface area contributed by atoms with Crippen LogP contribution in [-0.2, 0) is 17.9 Å². The number of aromatic nitrogens is 1. The number of amides is 1. The van der Waals surface area contributed by atoms with Gasteiger partial charge in [0.1, 0.15) is 0 Å². The third kappa shape index (κ3) is 3.00. The predicted molar refractivity (Wildman–Crippen MR) is 92.3 cm³/mol. The number of carbonyl (C=O) groups excluding carboxylic acids is 1. The minimum Gasteiger partial charge on any atom is -0.342 e. The lowest BCUT2D eigenvalue weighted by atomic mass is 10.1. The number of benzene rings is 1. The fraction of sp³-hybridized carbons (Fsp3) is 0.526. The fourth-order valence-electron chi connectivity index (χ4n) is 3.96. The molecule has 3 heterocycles. The summed E-state index contributed by atoms with van der Waals surface area (Å²) in [5.41, 5.74) is 2.43. The second kappa shape index (κ2) is 6.36. The average Bonchev–Trinajstić information content (AvgIpc) is 3.30. The second-order valence-electron chi connectivity index (χ2n) is 6.87. The highest BCUT2D eigenvalue weighted by atomic mass is 16.2. The van der Waals surface area contributed by atoms with Crippen molar-refractivity contribution in [1.82, 2.24) is 14.4 Å². The lowest BCUT2D eigenvalue weighted by Gasteiger charge is -2.16. The molecule has 0 aliphatic carbocycles. The summed E-state index contributed by atoms with van der Waals surface area (Å²) in [5, 5.41) is 1.24. The summed E-state index contributed by atoms with van der Waals surface area (Å²) in [7, 11) is 0. The molecular formula is C19H25N3O. The molecule has 1 aromatic carbocycles. The van der Waals surface area contributed by atoms with Gasteiger partial charge in [0.2, 0.25) is 5.91 Å². The van der Waals surface area contributed by atoms with Gasteiger partial charge in [-0.15, -0.1) is 0 Å². The van der Waals surface area contributed by atoms with Gasteiger partial charge < -0.3 is 9.47 Å². The number of fused-ring (bicyclic) bond motifs is 1. The van der Waals surface area contributed by atoms with Crippen molar-refractivity contribution in [3.63, 3.8) is 0 Å². The first-order chi connectivity index (χ1) is 11.3. The van der Waals surface area contributed by atoms with E-state index in [9.17, 15) is 4.79 Å². The van der Waals surface area contributed by atoms with Gasteiger partial charge in [0, 0.05) is 30.2 Å². The summed E-state index contributed by atoms with van der Waals surface area (Å²) >= 11 is 0. The van der Waals surface area contributed by atoms with Crippen molar-refractivity contribution in [2.75, 3.05) is 26.2 Å². The van der Waals surface area contributed by atoms with Crippen LogP contribution in [0.4, 0.5) is 0 Å². The zero-order valence-corrected chi connectivity index (χ0v) is 13.7. The summed E-state index contributed by atoms with van der Waals surface area (Å²) in [6.45, 7) is 5.19. The van der Waals surface area contributed by atoms with Crippen LogP contribution in [0, 0.1) is 0 Å². The molecule has 2 aliphatic heterocycles. The molecule has 2 aromatic rings. The van der Waals surface area contributed by atoms with E-state index in [1.807, 2.05) is 4.90 Å². The Bertz CT molecular complexity index is 694. The van der Waals surface area contributed by atoms with Crippen LogP contribution in [0.2, 0.25) is 0 Å². The minimum absolute atomic E-state index is 0.284. The monoisotopic (exact) mass is 311 g/mol. The molecule has 0 radical (unpaired) electrons. The number of hydrogen-bond donors (Lipinski definition) is 0. The highest BCUT2D eigenvalue weighted by Crippen LogP contribution is 2.24. The number of rotatable bonds is 4. The Morgan fingerprint density at radius 3 is 2.43 bits per heavy atom. The lowest BCUT2D eigenvalue weighted by molar-refractivity contribution is -0.129. The van der Waals surface area contributed by atoms with E-state index in [2.05, 4.69) is 39.9 Å². The summed E-state index contributed by atoms with van der Waals surface area (Å²) in [5.74, 6) is 0.284. The van der Waals surface area contributed by atoms with Crippen LogP contribution in [0.25, 0.3) is 10.9 Å². The third-order valence-corrected chi connectivity index (χ3v) is 5.22. The first kappa shape index (κ1) is 14.8. The molecule has 0 atom stereocenters. The van der Waals surface area contributed by atoms with Crippen LogP contribution >= 0.6 is 0 Å². The molecule has 122 valence electrons. The van der Waals surface area contributed by atoms with E-state index in [4.69, 9.17) is 0 Å². The Labute approximate surface area is 137 Å². The molecule has 0 spiro atoms. The maximum atomic E-state index is 12.5. The van der Waals surface area contributed by atoms with Crippen LogP contribution in [0.15, 0.2) is 30.5 Å². The fourth-order valence-corrected chi connectivity index (χ4v) is 3.96. The van der Waals surface area contributed by atoms with Gasteiger partial charge in [-0.05, 0) is 50.4 Å². The smallest absolute Gasteiger partial charge is 0.227 e. The standard InChI is InChI=1S/C19H25N3O/c23-19(21-11-5-6-12-21)13-16-14-22(15-20-9-3-4-10-20)18-8-2-1-7-17(16)18/h1-2,7-8,14H,3-6,9-13,15H2. The van der Waals surface area contributed by atoms with Crippen LogP contribution in [0.3, 0.4) is 0 Å². The Kier molecular flexibility index (Phi) is 4.08. The molecule has 1 aromatic heterocycles. The van der Waals surface area contributed by atoms with Gasteiger partial charge in [-0.1, -0.05) is 18.2 Å². The molecule has 1 amide bonds. The topological polar surface area (TPSA) is 28.5 Å². The summed E-state index contributed by atoms with van der Waals surface area (Å²) in [6, 6.07) is 8.50. The molecule has 2 fully saturated rings. The van der Waals surface area contributed by atoms with Crippen LogP contribution < -0.4 is 0 Å². The van der Waals surface area contributed by atoms with E-state index in [1.165, 1.54) is 42.4 Å². The van der Waals surface area contributed by atoms with Crippen molar-refractivity contribution in [3.8, 4) is 0 Å². The first-order valence-corrected chi connectivity index (χ1v) is 8.88. The van der Waals surface area contributed by atoms with Crippen molar-refractivity contribution < 1.29 is 4.79 Å². The number of hydrogen-bond acceptors (Lipinski definition) is 2. The minimum atomic E-state index is 0.284. The third-order valence-electron chi connectivity index (χ3n) is 5.22. The molecular weight excluding hydrogens is 286 g/mol. The molecule has 2 saturated heterocycles. The van der Waals surface area contributed by atoms with Gasteiger partial charge in [0.05, 0.1) is 13.1 Å². The van der Waals surface area contributed by atoms with Gasteiger partial charge in [-0.3, -0.25) is 9.69 Å². The molecule has 0 N–H and O–H groups in total. The van der Waals surface area contributed by atoms with E-state index in [-0.39, 0.29) is 5.91 Å². The lowest BCUT2D eigenvalue weighted by Crippen LogP contribution is -2.29. The molecule has 0 unspecified atom stereocenters. The van der Waals surface area contributed by atoms with Crippen LogP contribution in [-0.4, -0.2) is 46.5 Å². The van der Waals surface area contributed by atoms with E-state index >= 15 is 0 Å². The average molecular weight is 311 g/mol. The van der Waals surface area contributed by atoms with E-state index in [0.29, 0.717) is 6.42 Å². The second-order valence-corrected chi connectivity index (χ2v) is 6.87. The number of para-hydroxylation sites is 1. The van der Waals surface area contributed by atoms with Gasteiger partial charge >= 0.3 is 0 Å². The van der Waals surface area contributed by atoms with Gasteiger partial charge in [-0.25, -0.2) is 0 Å². The maximum Gasteiger partial charge on any atom is 0.227 e. The number of nitrogens with zero attached hydrogens (tertiary/aromatic N) is 3. The van der Waals surface area contributed by atoms with Crippen molar-refractivity contribution in [3.05, 3.63) is 36.0 Å². The normalized spacial score (nSPS) is 19.0. The summed E-state index contributed by atoms with van der Waals surface area (Å²) < 4.78 is 2.33. The Morgan fingerprint density at radius 2 is 1.65 bits per heavy atom. The highest BCUT2D eigenvalue weighted by molar-refractivity contribution is 5.89. The quantitative estimate of drug-likeness (QED) is 0.868. The van der Waals surface area contributed by atoms with E-state index < -0.39 is 0 Å². The first-order valence-electron chi connectivity index (χ1n) is 8.88. The summed E-state index contributed by atoms with van der Waals surface area (Å²) in [6.07, 6.45) is 7.66. The number of likely N-dealkylation sites (tertiary alicyclic amines) is 2. The highest BCUT2D eigenvalue weighted by Gasteiger charge is 2.20. The maximum absolute atomic E-state index is 12.5. The van der Waals surface area contributed by atoms with Crippen LogP contribution in [0.1, 0.15) is 31.2 Å². The zero-order valence-electron chi connectivity index (χ0n) is 13.7. The van der Waals surface area contributed by atoms with Crippen molar-refractivity contribution >= 4 is 16.8 Å². The molecule has 4 heteroatoms. The van der Waals surface area contributed by atoms with Crippen LogP contribution in [0.5, 0.6) is 0 Å². The van der Waals surface area contributed by atoms with Crippen molar-refractivity contribution in [2.24, 2.45) is 0 Å². The Balaban J connectivity index is 1.59. The Morgan fingerprint density at radius 1 is 0.957 bits per heavy atom. The molecule has 0 bridgehead atoms. The van der Waals surface area contributed by atoms with E-state index in [1.54, 1.807) is 0 Å². The molecule has 0 saturated carbocycles. The van der Waals surface area contributed by atoms with Gasteiger partial charge in [0.15, 0.2) is 0 Å². The largest absolute Gasteiger partial charge is 0.342 e. The number of carbonyl (C=O) groups is 1.